The number of nitrogens with zero attached hydrogens (tertiary/aromatic N) is 2. The Kier molecular flexibility index (Phi) is 2.88. The minimum Gasteiger partial charge on any atom is -0.456 e. The lowest BCUT2D eigenvalue weighted by Gasteiger charge is -2.02. The van der Waals surface area contributed by atoms with E-state index in [0.717, 1.165) is 38.1 Å². The molecule has 4 aromatic carbocycles. The summed E-state index contributed by atoms with van der Waals surface area (Å²) in [7, 11) is 0. The van der Waals surface area contributed by atoms with Crippen LogP contribution < -0.4 is 0 Å². The van der Waals surface area contributed by atoms with Gasteiger partial charge in [0, 0.05) is 21.5 Å². The first-order chi connectivity index (χ1) is 14.4. The van der Waals surface area contributed by atoms with Crippen LogP contribution >= 0.6 is 11.3 Å². The maximum Gasteiger partial charge on any atom is 0.195 e. The Hall–Kier alpha value is -3.63. The van der Waals surface area contributed by atoms with Gasteiger partial charge in [0.25, 0.3) is 0 Å². The van der Waals surface area contributed by atoms with E-state index in [9.17, 15) is 0 Å². The number of benzene rings is 4. The zero-order valence-electron chi connectivity index (χ0n) is 15.3. The predicted molar refractivity (Wildman–Crippen MR) is 121 cm³/mol. The summed E-state index contributed by atoms with van der Waals surface area (Å²) in [5.74, 6) is 0. The summed E-state index contributed by atoms with van der Waals surface area (Å²) in [6, 6.07) is 29.5. The largest absolute Gasteiger partial charge is 0.456 e. The number of fused-ring (bicyclic) bond motifs is 7. The van der Waals surface area contributed by atoms with Gasteiger partial charge in [-0.15, -0.1) is 0 Å². The van der Waals surface area contributed by atoms with Gasteiger partial charge in [-0.25, -0.2) is 4.98 Å². The normalized spacial score (nSPS) is 12.1. The SMILES string of the molecule is c1ccc2sc(-n3c4ccccc4c4cc5oc6ccccc6c5cc43)nc2c1. The van der Waals surface area contributed by atoms with Crippen LogP contribution in [0, 0.1) is 0 Å². The standard InChI is InChI=1S/C25H14N2OS/c1-4-10-20-15(7-1)17-14-23-18(16-8-2-5-11-22(16)28-23)13-21(17)27(20)25-26-19-9-3-6-12-24(19)29-25/h1-14H. The molecule has 3 aromatic heterocycles. The first kappa shape index (κ1) is 15.3. The molecule has 0 spiro atoms. The molecule has 0 amide bonds. The van der Waals surface area contributed by atoms with E-state index in [1.165, 1.54) is 21.0 Å². The van der Waals surface area contributed by atoms with Gasteiger partial charge < -0.3 is 4.42 Å². The van der Waals surface area contributed by atoms with Crippen molar-refractivity contribution in [1.82, 2.24) is 9.55 Å². The minimum absolute atomic E-state index is 0.922. The van der Waals surface area contributed by atoms with Crippen molar-refractivity contribution in [3.05, 3.63) is 84.9 Å². The molecule has 0 unspecified atom stereocenters. The monoisotopic (exact) mass is 390 g/mol. The van der Waals surface area contributed by atoms with Crippen molar-refractivity contribution in [2.45, 2.75) is 0 Å². The Labute approximate surface area is 169 Å². The Balaban J connectivity index is 1.68. The molecule has 0 atom stereocenters. The van der Waals surface area contributed by atoms with Gasteiger partial charge in [0.2, 0.25) is 0 Å². The van der Waals surface area contributed by atoms with Crippen LogP contribution in [0.4, 0.5) is 0 Å². The number of hydrogen-bond acceptors (Lipinski definition) is 3. The molecule has 3 heterocycles. The van der Waals surface area contributed by atoms with Gasteiger partial charge in [0.05, 0.1) is 21.3 Å². The zero-order valence-corrected chi connectivity index (χ0v) is 16.1. The molecule has 7 rings (SSSR count). The molecule has 0 radical (unpaired) electrons. The Morgan fingerprint density at radius 2 is 1.45 bits per heavy atom. The molecule has 0 aliphatic heterocycles. The zero-order chi connectivity index (χ0) is 18.9. The van der Waals surface area contributed by atoms with Crippen molar-refractivity contribution in [3.8, 4) is 5.13 Å². The van der Waals surface area contributed by atoms with Gasteiger partial charge >= 0.3 is 0 Å². The van der Waals surface area contributed by atoms with Crippen molar-refractivity contribution in [1.29, 1.82) is 0 Å². The molecule has 0 fully saturated rings. The fourth-order valence-electron chi connectivity index (χ4n) is 4.35. The van der Waals surface area contributed by atoms with Crippen LogP contribution in [0.25, 0.3) is 59.1 Å². The van der Waals surface area contributed by atoms with Crippen LogP contribution in [0.2, 0.25) is 0 Å². The van der Waals surface area contributed by atoms with E-state index >= 15 is 0 Å². The molecular weight excluding hydrogens is 376 g/mol. The first-order valence-corrected chi connectivity index (χ1v) is 10.4. The second-order valence-corrected chi connectivity index (χ2v) is 8.29. The summed E-state index contributed by atoms with van der Waals surface area (Å²) in [5, 5.41) is 5.67. The predicted octanol–water partition coefficient (Wildman–Crippen LogP) is 7.29. The molecule has 136 valence electrons. The number of furan rings is 1. The molecule has 0 saturated carbocycles. The van der Waals surface area contributed by atoms with Crippen LogP contribution in [-0.4, -0.2) is 9.55 Å². The summed E-state index contributed by atoms with van der Waals surface area (Å²) >= 11 is 1.72. The van der Waals surface area contributed by atoms with Crippen molar-refractivity contribution >= 4 is 65.3 Å². The summed E-state index contributed by atoms with van der Waals surface area (Å²) in [5.41, 5.74) is 5.20. The lowest BCUT2D eigenvalue weighted by atomic mass is 10.1. The summed E-state index contributed by atoms with van der Waals surface area (Å²) < 4.78 is 9.64. The van der Waals surface area contributed by atoms with Gasteiger partial charge in [-0.1, -0.05) is 59.9 Å². The maximum atomic E-state index is 6.15. The Bertz CT molecular complexity index is 1680. The van der Waals surface area contributed by atoms with Crippen LogP contribution in [0.5, 0.6) is 0 Å². The third-order valence-corrected chi connectivity index (χ3v) is 6.67. The van der Waals surface area contributed by atoms with Crippen molar-refractivity contribution in [3.63, 3.8) is 0 Å². The van der Waals surface area contributed by atoms with E-state index in [2.05, 4.69) is 71.3 Å². The quantitative estimate of drug-likeness (QED) is 0.295. The molecule has 0 N–H and O–H groups in total. The number of thiazole rings is 1. The molecule has 29 heavy (non-hydrogen) atoms. The van der Waals surface area contributed by atoms with Gasteiger partial charge in [-0.3, -0.25) is 4.57 Å². The lowest BCUT2D eigenvalue weighted by Crippen LogP contribution is -1.92. The molecular formula is C25H14N2OS. The third kappa shape index (κ3) is 2.04. The van der Waals surface area contributed by atoms with Gasteiger partial charge in [0.15, 0.2) is 5.13 Å². The van der Waals surface area contributed by atoms with E-state index < -0.39 is 0 Å². The van der Waals surface area contributed by atoms with Crippen LogP contribution in [0.3, 0.4) is 0 Å². The Morgan fingerprint density at radius 3 is 2.38 bits per heavy atom. The fourth-order valence-corrected chi connectivity index (χ4v) is 5.34. The van der Waals surface area contributed by atoms with E-state index in [1.807, 2.05) is 18.2 Å². The maximum absolute atomic E-state index is 6.15. The minimum atomic E-state index is 0.922. The highest BCUT2D eigenvalue weighted by Gasteiger charge is 2.17. The molecule has 0 aliphatic rings. The number of aromatic nitrogens is 2. The second-order valence-electron chi connectivity index (χ2n) is 7.28. The molecule has 3 nitrogen and oxygen atoms in total. The highest BCUT2D eigenvalue weighted by molar-refractivity contribution is 7.20. The summed E-state index contributed by atoms with van der Waals surface area (Å²) in [6.07, 6.45) is 0. The van der Waals surface area contributed by atoms with Crippen LogP contribution in [0.15, 0.2) is 89.3 Å². The molecule has 0 bridgehead atoms. The van der Waals surface area contributed by atoms with E-state index in [0.29, 0.717) is 0 Å². The lowest BCUT2D eigenvalue weighted by molar-refractivity contribution is 0.669. The van der Waals surface area contributed by atoms with Crippen LogP contribution in [-0.2, 0) is 0 Å². The number of para-hydroxylation sites is 3. The van der Waals surface area contributed by atoms with Crippen molar-refractivity contribution in [2.24, 2.45) is 0 Å². The van der Waals surface area contributed by atoms with Gasteiger partial charge in [0.1, 0.15) is 11.2 Å². The first-order valence-electron chi connectivity index (χ1n) is 9.57. The summed E-state index contributed by atoms with van der Waals surface area (Å²) in [4.78, 5) is 4.94. The highest BCUT2D eigenvalue weighted by atomic mass is 32.1. The van der Waals surface area contributed by atoms with E-state index in [-0.39, 0.29) is 0 Å². The average Bonchev–Trinajstić information content (AvgIpc) is 3.43. The number of rotatable bonds is 1. The van der Waals surface area contributed by atoms with Crippen LogP contribution in [0.1, 0.15) is 0 Å². The van der Waals surface area contributed by atoms with Gasteiger partial charge in [-0.2, -0.15) is 0 Å². The smallest absolute Gasteiger partial charge is 0.195 e. The highest BCUT2D eigenvalue weighted by Crippen LogP contribution is 2.39. The summed E-state index contributed by atoms with van der Waals surface area (Å²) in [6.45, 7) is 0. The third-order valence-electron chi connectivity index (χ3n) is 5.64. The van der Waals surface area contributed by atoms with E-state index in [4.69, 9.17) is 9.40 Å². The molecule has 7 aromatic rings. The topological polar surface area (TPSA) is 31.0 Å². The van der Waals surface area contributed by atoms with Gasteiger partial charge in [-0.05, 0) is 36.4 Å². The van der Waals surface area contributed by atoms with Crippen molar-refractivity contribution in [2.75, 3.05) is 0 Å². The Morgan fingerprint density at radius 1 is 0.655 bits per heavy atom. The molecule has 0 aliphatic carbocycles. The second kappa shape index (κ2) is 5.46. The fraction of sp³-hybridized carbons (Fsp3) is 0. The van der Waals surface area contributed by atoms with E-state index in [1.54, 1.807) is 11.3 Å². The van der Waals surface area contributed by atoms with Crippen molar-refractivity contribution < 1.29 is 4.42 Å². The molecule has 0 saturated heterocycles. The molecule has 4 heteroatoms. The average molecular weight is 390 g/mol. The number of hydrogen-bond donors (Lipinski definition) is 0.